The maximum atomic E-state index is 11.5. The van der Waals surface area contributed by atoms with Crippen molar-refractivity contribution in [1.82, 2.24) is 4.98 Å². The van der Waals surface area contributed by atoms with Gasteiger partial charge >= 0.3 is 5.97 Å². The zero-order valence-electron chi connectivity index (χ0n) is 11.6. The number of carboxylic acid groups (broad SMARTS) is 1. The van der Waals surface area contributed by atoms with Crippen LogP contribution in [0.4, 0.5) is 0 Å². The third kappa shape index (κ3) is 3.62. The highest BCUT2D eigenvalue weighted by molar-refractivity contribution is 6.29. The topological polar surface area (TPSA) is 79.4 Å². The summed E-state index contributed by atoms with van der Waals surface area (Å²) in [4.78, 5) is 25.1. The van der Waals surface area contributed by atoms with Gasteiger partial charge < -0.3 is 14.8 Å². The van der Waals surface area contributed by atoms with Crippen LogP contribution >= 0.6 is 11.6 Å². The van der Waals surface area contributed by atoms with E-state index in [9.17, 15) is 9.59 Å². The lowest BCUT2D eigenvalue weighted by atomic mass is 9.99. The molecule has 2 N–H and O–H groups in total. The predicted molar refractivity (Wildman–Crippen MR) is 80.9 cm³/mol. The molecule has 5 nitrogen and oxygen atoms in total. The number of carbonyl (C=O) groups is 1. The van der Waals surface area contributed by atoms with Gasteiger partial charge in [-0.2, -0.15) is 0 Å². The van der Waals surface area contributed by atoms with Crippen LogP contribution in [-0.4, -0.2) is 28.5 Å². The molecule has 1 aromatic heterocycles. The van der Waals surface area contributed by atoms with Gasteiger partial charge in [0.05, 0.1) is 12.1 Å². The summed E-state index contributed by atoms with van der Waals surface area (Å²) in [6, 6.07) is 6.99. The van der Waals surface area contributed by atoms with Crippen molar-refractivity contribution in [3.63, 3.8) is 0 Å². The lowest BCUT2D eigenvalue weighted by Crippen LogP contribution is -2.14. The number of carboxylic acids is 1. The lowest BCUT2D eigenvalue weighted by Gasteiger charge is -2.11. The van der Waals surface area contributed by atoms with E-state index in [1.807, 2.05) is 12.1 Å². The predicted octanol–water partition coefficient (Wildman–Crippen LogP) is 2.30. The monoisotopic (exact) mass is 309 g/mol. The van der Waals surface area contributed by atoms with Crippen molar-refractivity contribution in [1.29, 1.82) is 0 Å². The van der Waals surface area contributed by atoms with Gasteiger partial charge in [-0.15, -0.1) is 11.6 Å². The molecule has 6 heteroatoms. The molecule has 1 unspecified atom stereocenters. The number of aryl methyl sites for hydroxylation is 1. The largest absolute Gasteiger partial charge is 0.480 e. The third-order valence-electron chi connectivity index (χ3n) is 3.31. The van der Waals surface area contributed by atoms with Gasteiger partial charge in [0.1, 0.15) is 5.38 Å². The normalized spacial score (nSPS) is 12.5. The number of fused-ring (bicyclic) bond motifs is 1. The fraction of sp³-hybridized carbons (Fsp3) is 0.333. The first-order valence-corrected chi connectivity index (χ1v) is 6.96. The van der Waals surface area contributed by atoms with Gasteiger partial charge in [-0.3, -0.25) is 9.59 Å². The first-order valence-electron chi connectivity index (χ1n) is 6.52. The van der Waals surface area contributed by atoms with Crippen LogP contribution in [0, 0.1) is 0 Å². The van der Waals surface area contributed by atoms with E-state index in [0.717, 1.165) is 22.0 Å². The Balaban J connectivity index is 2.39. The molecule has 1 aromatic carbocycles. The summed E-state index contributed by atoms with van der Waals surface area (Å²) < 4.78 is 5.12. The average Bonchev–Trinajstić information content (AvgIpc) is 2.46. The van der Waals surface area contributed by atoms with Gasteiger partial charge in [-0.1, -0.05) is 12.1 Å². The highest BCUT2D eigenvalue weighted by Crippen LogP contribution is 2.23. The number of H-pyrrole nitrogens is 1. The molecule has 1 atom stereocenters. The van der Waals surface area contributed by atoms with Crippen LogP contribution in [0.25, 0.3) is 10.9 Å². The number of nitrogens with one attached hydrogen (secondary N) is 1. The molecule has 0 aliphatic carbocycles. The number of aromatic amines is 1. The molecule has 112 valence electrons. The number of aliphatic carboxylic acids is 1. The minimum atomic E-state index is -1.02. The first kappa shape index (κ1) is 15.5. The highest BCUT2D eigenvalue weighted by atomic mass is 35.5. The van der Waals surface area contributed by atoms with Gasteiger partial charge in [0.2, 0.25) is 5.56 Å². The number of hydrogen-bond acceptors (Lipinski definition) is 3. The standard InChI is InChI=1S/C15H16ClNO4/c1-21-8-10-3-2-9(4-6-12(16)15(19)20)11-5-7-13(18)17-14(10)11/h2-3,5,7,12H,4,6,8H2,1H3,(H,17,18)(H,19,20). The Morgan fingerprint density at radius 3 is 2.71 bits per heavy atom. The molecule has 2 aromatic rings. The molecule has 0 saturated heterocycles. The van der Waals surface area contributed by atoms with Crippen molar-refractivity contribution in [2.45, 2.75) is 24.8 Å². The fourth-order valence-corrected chi connectivity index (χ4v) is 2.38. The SMILES string of the molecule is COCc1ccc(CCC(Cl)C(=O)O)c2ccc(=O)[nH]c12. The quantitative estimate of drug-likeness (QED) is 0.802. The average molecular weight is 310 g/mol. The summed E-state index contributed by atoms with van der Waals surface area (Å²) in [6.45, 7) is 0.393. The van der Waals surface area contributed by atoms with E-state index < -0.39 is 11.3 Å². The maximum absolute atomic E-state index is 11.5. The number of methoxy groups -OCH3 is 1. The summed E-state index contributed by atoms with van der Waals surface area (Å²) in [7, 11) is 1.59. The molecule has 0 aliphatic heterocycles. The van der Waals surface area contributed by atoms with Crippen LogP contribution in [0.15, 0.2) is 29.1 Å². The van der Waals surface area contributed by atoms with Crippen LogP contribution in [0.5, 0.6) is 0 Å². The van der Waals surface area contributed by atoms with Crippen LogP contribution in [0.2, 0.25) is 0 Å². The van der Waals surface area contributed by atoms with Crippen molar-refractivity contribution in [2.75, 3.05) is 7.11 Å². The summed E-state index contributed by atoms with van der Waals surface area (Å²) in [5.41, 5.74) is 2.38. The van der Waals surface area contributed by atoms with Crippen LogP contribution in [0.3, 0.4) is 0 Å². The Labute approximate surface area is 126 Å². The van der Waals surface area contributed by atoms with E-state index in [0.29, 0.717) is 19.4 Å². The Hall–Kier alpha value is -1.85. The Kier molecular flexibility index (Phi) is 4.98. The molecule has 0 bridgehead atoms. The number of pyridine rings is 1. The van der Waals surface area contributed by atoms with E-state index in [1.54, 1.807) is 13.2 Å². The Morgan fingerprint density at radius 1 is 1.33 bits per heavy atom. The van der Waals surface area contributed by atoms with E-state index >= 15 is 0 Å². The molecule has 0 fully saturated rings. The first-order chi connectivity index (χ1) is 10.0. The van der Waals surface area contributed by atoms with Crippen LogP contribution in [0.1, 0.15) is 17.5 Å². The minimum Gasteiger partial charge on any atom is -0.480 e. The number of aromatic nitrogens is 1. The molecule has 0 saturated carbocycles. The second kappa shape index (κ2) is 6.74. The summed E-state index contributed by atoms with van der Waals surface area (Å²) in [5, 5.41) is 8.80. The summed E-state index contributed by atoms with van der Waals surface area (Å²) >= 11 is 5.75. The zero-order valence-corrected chi connectivity index (χ0v) is 12.3. The summed E-state index contributed by atoms with van der Waals surface area (Å²) in [5.74, 6) is -1.02. The van der Waals surface area contributed by atoms with Crippen molar-refractivity contribution in [3.8, 4) is 0 Å². The molecule has 2 rings (SSSR count). The van der Waals surface area contributed by atoms with E-state index in [1.165, 1.54) is 6.07 Å². The molecule has 1 heterocycles. The fourth-order valence-electron chi connectivity index (χ4n) is 2.27. The van der Waals surface area contributed by atoms with E-state index in [2.05, 4.69) is 4.98 Å². The van der Waals surface area contributed by atoms with Gasteiger partial charge in [0.15, 0.2) is 0 Å². The smallest absolute Gasteiger partial charge is 0.321 e. The van der Waals surface area contributed by atoms with Gasteiger partial charge in [0.25, 0.3) is 0 Å². The van der Waals surface area contributed by atoms with Gasteiger partial charge in [-0.25, -0.2) is 0 Å². The lowest BCUT2D eigenvalue weighted by molar-refractivity contribution is -0.136. The zero-order chi connectivity index (χ0) is 15.4. The molecule has 0 amide bonds. The molecular weight excluding hydrogens is 294 g/mol. The number of hydrogen-bond donors (Lipinski definition) is 2. The molecule has 21 heavy (non-hydrogen) atoms. The molecular formula is C15H16ClNO4. The Bertz CT molecular complexity index is 710. The minimum absolute atomic E-state index is 0.183. The van der Waals surface area contributed by atoms with Crippen molar-refractivity contribution in [3.05, 3.63) is 45.7 Å². The summed E-state index contributed by atoms with van der Waals surface area (Å²) in [6.07, 6.45) is 0.852. The maximum Gasteiger partial charge on any atom is 0.321 e. The van der Waals surface area contributed by atoms with Gasteiger partial charge in [0, 0.05) is 24.1 Å². The van der Waals surface area contributed by atoms with Crippen molar-refractivity contribution < 1.29 is 14.6 Å². The second-order valence-corrected chi connectivity index (χ2v) is 5.30. The molecule has 0 aliphatic rings. The second-order valence-electron chi connectivity index (χ2n) is 4.77. The Morgan fingerprint density at radius 2 is 2.05 bits per heavy atom. The molecule has 0 spiro atoms. The number of alkyl halides is 1. The number of rotatable bonds is 6. The van der Waals surface area contributed by atoms with Crippen molar-refractivity contribution >= 4 is 28.5 Å². The third-order valence-corrected chi connectivity index (χ3v) is 3.71. The number of halogens is 1. The van der Waals surface area contributed by atoms with E-state index in [-0.39, 0.29) is 5.56 Å². The number of ether oxygens (including phenoxy) is 1. The molecule has 0 radical (unpaired) electrons. The van der Waals surface area contributed by atoms with Crippen molar-refractivity contribution in [2.24, 2.45) is 0 Å². The van der Waals surface area contributed by atoms with E-state index in [4.69, 9.17) is 21.4 Å². The van der Waals surface area contributed by atoms with Gasteiger partial charge in [-0.05, 0) is 24.5 Å². The van der Waals surface area contributed by atoms with Crippen LogP contribution < -0.4 is 5.56 Å². The highest BCUT2D eigenvalue weighted by Gasteiger charge is 2.14. The van der Waals surface area contributed by atoms with Crippen LogP contribution in [-0.2, 0) is 22.6 Å². The number of benzene rings is 1.